The van der Waals surface area contributed by atoms with Crippen molar-refractivity contribution in [2.24, 2.45) is 0 Å². The normalized spacial score (nSPS) is 26.6. The van der Waals surface area contributed by atoms with Crippen LogP contribution in [0.5, 0.6) is 0 Å². The summed E-state index contributed by atoms with van der Waals surface area (Å²) in [5, 5.41) is 8.87. The maximum atomic E-state index is 10.6. The Hall–Kier alpha value is -0.220. The molecule has 0 radical (unpaired) electrons. The Morgan fingerprint density at radius 3 is 2.70 bits per heavy atom. The van der Waals surface area contributed by atoms with E-state index in [0.29, 0.717) is 13.0 Å². The van der Waals surface area contributed by atoms with E-state index < -0.39 is 6.23 Å². The molecule has 1 fully saturated rings. The van der Waals surface area contributed by atoms with E-state index in [9.17, 15) is 9.90 Å². The number of thiol groups is 1. The summed E-state index contributed by atoms with van der Waals surface area (Å²) in [4.78, 5) is 12.0. The maximum absolute atomic E-state index is 10.6. The Morgan fingerprint density at radius 1 is 1.60 bits per heavy atom. The van der Waals surface area contributed by atoms with Gasteiger partial charge in [-0.05, 0) is 19.3 Å². The summed E-state index contributed by atoms with van der Waals surface area (Å²) in [5.41, 5.74) is 0. The largest absolute Gasteiger partial charge is 0.373 e. The van der Waals surface area contributed by atoms with Gasteiger partial charge in [0.05, 0.1) is 0 Å². The van der Waals surface area contributed by atoms with Crippen molar-refractivity contribution in [3.05, 3.63) is 0 Å². The lowest BCUT2D eigenvalue weighted by Crippen LogP contribution is -2.40. The minimum Gasteiger partial charge on any atom is -0.373 e. The molecule has 1 aliphatic rings. The number of aliphatic hydroxyl groups excluding tert-OH is 1. The van der Waals surface area contributed by atoms with Crippen LogP contribution in [0, 0.1) is 0 Å². The van der Waals surface area contributed by atoms with Gasteiger partial charge >= 0.3 is 0 Å². The van der Waals surface area contributed by atoms with E-state index in [1.807, 2.05) is 0 Å². The molecule has 1 rings (SSSR count). The molecule has 0 bridgehead atoms. The average Bonchev–Trinajstić information content (AvgIpc) is 1.88. The fourth-order valence-corrected chi connectivity index (χ4v) is 1.37. The zero-order valence-corrected chi connectivity index (χ0v) is 6.55. The Morgan fingerprint density at radius 2 is 2.30 bits per heavy atom. The van der Waals surface area contributed by atoms with Gasteiger partial charge in [-0.25, -0.2) is 0 Å². The molecule has 0 aliphatic carbocycles. The predicted octanol–water partition coefficient (Wildman–Crippen LogP) is 0.841. The van der Waals surface area contributed by atoms with E-state index in [2.05, 4.69) is 12.6 Å². The highest BCUT2D eigenvalue weighted by molar-refractivity contribution is 7.96. The number of piperidine rings is 1. The summed E-state index contributed by atoms with van der Waals surface area (Å²) in [6.45, 7) is 0.642. The minimum atomic E-state index is -0.598. The number of carbonyl (C=O) groups excluding carboxylic acids is 1. The highest BCUT2D eigenvalue weighted by Gasteiger charge is 2.21. The number of aliphatic hydroxyl groups is 1. The monoisotopic (exact) mass is 161 g/mol. The molecule has 1 unspecified atom stereocenters. The number of nitrogens with zero attached hydrogens (tertiary/aromatic N) is 1. The van der Waals surface area contributed by atoms with E-state index in [4.69, 9.17) is 0 Å². The number of hydrogen-bond acceptors (Lipinski definition) is 2. The number of hydrogen-bond donors (Lipinski definition) is 2. The molecule has 1 aliphatic heterocycles. The molecule has 0 aromatic rings. The van der Waals surface area contributed by atoms with Gasteiger partial charge in [0.1, 0.15) is 6.23 Å². The lowest BCUT2D eigenvalue weighted by Gasteiger charge is -2.30. The third kappa shape index (κ3) is 1.64. The van der Waals surface area contributed by atoms with Crippen LogP contribution < -0.4 is 0 Å². The van der Waals surface area contributed by atoms with E-state index in [1.165, 1.54) is 4.90 Å². The maximum Gasteiger partial charge on any atom is 0.280 e. The van der Waals surface area contributed by atoms with Gasteiger partial charge in [-0.2, -0.15) is 0 Å². The van der Waals surface area contributed by atoms with Crippen molar-refractivity contribution in [2.45, 2.75) is 25.5 Å². The Bertz CT molecular complexity index is 140. The third-order valence-corrected chi connectivity index (χ3v) is 1.97. The van der Waals surface area contributed by atoms with Crippen LogP contribution in [0.25, 0.3) is 0 Å². The molecule has 1 saturated heterocycles. The Balaban J connectivity index is 2.47. The van der Waals surface area contributed by atoms with E-state index >= 15 is 0 Å². The fourth-order valence-electron chi connectivity index (χ4n) is 1.14. The molecule has 4 heteroatoms. The first-order valence-corrected chi connectivity index (χ1v) is 3.84. The molecular weight excluding hydrogens is 150 g/mol. The zero-order chi connectivity index (χ0) is 7.56. The number of likely N-dealkylation sites (tertiary alicyclic amines) is 1. The number of rotatable bonds is 0. The molecule has 10 heavy (non-hydrogen) atoms. The molecule has 1 heterocycles. The quantitative estimate of drug-likeness (QED) is 0.517. The second kappa shape index (κ2) is 3.25. The second-order valence-corrected chi connectivity index (χ2v) is 2.83. The van der Waals surface area contributed by atoms with Crippen molar-refractivity contribution in [1.29, 1.82) is 0 Å². The van der Waals surface area contributed by atoms with Gasteiger partial charge in [-0.3, -0.25) is 4.79 Å². The molecule has 0 saturated carbocycles. The van der Waals surface area contributed by atoms with Gasteiger partial charge in [0.15, 0.2) is 0 Å². The predicted molar refractivity (Wildman–Crippen MR) is 40.9 cm³/mol. The summed E-state index contributed by atoms with van der Waals surface area (Å²) in [6.07, 6.45) is 2.06. The van der Waals surface area contributed by atoms with Crippen LogP contribution >= 0.6 is 12.6 Å². The molecule has 3 nitrogen and oxygen atoms in total. The topological polar surface area (TPSA) is 40.5 Å². The molecule has 0 aromatic carbocycles. The molecule has 1 N–H and O–H groups in total. The van der Waals surface area contributed by atoms with Gasteiger partial charge in [-0.1, -0.05) is 12.6 Å². The highest BCUT2D eigenvalue weighted by atomic mass is 32.1. The Kier molecular flexibility index (Phi) is 2.56. The van der Waals surface area contributed by atoms with Crippen molar-refractivity contribution in [3.8, 4) is 0 Å². The second-order valence-electron chi connectivity index (χ2n) is 2.45. The smallest absolute Gasteiger partial charge is 0.280 e. The molecule has 58 valence electrons. The molecular formula is C6H11NO2S. The summed E-state index contributed by atoms with van der Waals surface area (Å²) >= 11 is 3.63. The van der Waals surface area contributed by atoms with Crippen molar-refractivity contribution >= 4 is 17.9 Å². The zero-order valence-electron chi connectivity index (χ0n) is 5.66. The van der Waals surface area contributed by atoms with Crippen LogP contribution in [0.4, 0.5) is 4.79 Å². The van der Waals surface area contributed by atoms with Crippen LogP contribution in [0.3, 0.4) is 0 Å². The van der Waals surface area contributed by atoms with E-state index in [1.54, 1.807) is 0 Å². The van der Waals surface area contributed by atoms with Crippen LogP contribution in [0.1, 0.15) is 19.3 Å². The molecule has 0 spiro atoms. The lowest BCUT2D eigenvalue weighted by atomic mass is 10.1. The molecule has 1 atom stereocenters. The number of amides is 1. The first kappa shape index (κ1) is 7.88. The number of carbonyl (C=O) groups is 1. The van der Waals surface area contributed by atoms with Gasteiger partial charge in [0, 0.05) is 6.54 Å². The summed E-state index contributed by atoms with van der Waals surface area (Å²) < 4.78 is 0. The van der Waals surface area contributed by atoms with E-state index in [-0.39, 0.29) is 5.24 Å². The van der Waals surface area contributed by atoms with Crippen LogP contribution in [0.2, 0.25) is 0 Å². The highest BCUT2D eigenvalue weighted by Crippen LogP contribution is 2.15. The summed E-state index contributed by atoms with van der Waals surface area (Å²) in [5.74, 6) is 0. The summed E-state index contributed by atoms with van der Waals surface area (Å²) in [7, 11) is 0. The standard InChI is InChI=1S/C6H11NO2S/c8-5-3-1-2-4-7(5)6(9)10/h5,8H,1-4H2,(H,9,10). The van der Waals surface area contributed by atoms with Crippen LogP contribution in [-0.2, 0) is 0 Å². The fraction of sp³-hybridized carbons (Fsp3) is 0.833. The average molecular weight is 161 g/mol. The SMILES string of the molecule is O=C(S)N1CCCCC1O. The van der Waals surface area contributed by atoms with Gasteiger partial charge in [0.25, 0.3) is 5.24 Å². The first-order valence-electron chi connectivity index (χ1n) is 3.39. The lowest BCUT2D eigenvalue weighted by molar-refractivity contribution is 0.0126. The third-order valence-electron chi connectivity index (χ3n) is 1.72. The Labute approximate surface area is 65.4 Å². The summed E-state index contributed by atoms with van der Waals surface area (Å²) in [6, 6.07) is 0. The van der Waals surface area contributed by atoms with Crippen molar-refractivity contribution in [3.63, 3.8) is 0 Å². The van der Waals surface area contributed by atoms with Crippen molar-refractivity contribution in [2.75, 3.05) is 6.54 Å². The minimum absolute atomic E-state index is 0.327. The van der Waals surface area contributed by atoms with Gasteiger partial charge in [0.2, 0.25) is 0 Å². The van der Waals surface area contributed by atoms with Crippen LogP contribution in [0.15, 0.2) is 0 Å². The molecule has 1 amide bonds. The van der Waals surface area contributed by atoms with Gasteiger partial charge in [-0.15, -0.1) is 0 Å². The van der Waals surface area contributed by atoms with Gasteiger partial charge < -0.3 is 10.0 Å². The van der Waals surface area contributed by atoms with Crippen molar-refractivity contribution < 1.29 is 9.90 Å². The van der Waals surface area contributed by atoms with Crippen molar-refractivity contribution in [1.82, 2.24) is 4.90 Å². The first-order chi connectivity index (χ1) is 4.72. The molecule has 0 aromatic heterocycles. The van der Waals surface area contributed by atoms with Crippen LogP contribution in [-0.4, -0.2) is 28.0 Å². The van der Waals surface area contributed by atoms with E-state index in [0.717, 1.165) is 12.8 Å².